The molecule has 2 N–H and O–H groups in total. The average molecular weight is 329 g/mol. The van der Waals surface area contributed by atoms with Gasteiger partial charge in [0.1, 0.15) is 5.60 Å². The van der Waals surface area contributed by atoms with Crippen molar-refractivity contribution >= 4 is 23.4 Å². The molecular weight excluding hydrogens is 307 g/mol. The van der Waals surface area contributed by atoms with Gasteiger partial charge in [-0.2, -0.15) is 0 Å². The molecule has 0 radical (unpaired) electrons. The van der Waals surface area contributed by atoms with Crippen LogP contribution < -0.4 is 10.6 Å². The summed E-state index contributed by atoms with van der Waals surface area (Å²) < 4.78 is 19.1. The Hall–Kier alpha value is -1.49. The first kappa shape index (κ1) is 16.9. The van der Waals surface area contributed by atoms with Crippen LogP contribution >= 0.6 is 11.6 Å². The van der Waals surface area contributed by atoms with Gasteiger partial charge < -0.3 is 15.4 Å². The zero-order valence-corrected chi connectivity index (χ0v) is 13.8. The first-order valence-corrected chi connectivity index (χ1v) is 7.82. The molecule has 1 fully saturated rings. The van der Waals surface area contributed by atoms with Crippen molar-refractivity contribution in [3.8, 4) is 0 Å². The van der Waals surface area contributed by atoms with Crippen LogP contribution in [0.4, 0.5) is 14.9 Å². The summed E-state index contributed by atoms with van der Waals surface area (Å²) in [6, 6.07) is 5.03. The van der Waals surface area contributed by atoms with Gasteiger partial charge in [-0.3, -0.25) is 0 Å². The lowest BCUT2D eigenvalue weighted by atomic mass is 10.2. The smallest absolute Gasteiger partial charge is 0.407 e. The van der Waals surface area contributed by atoms with E-state index in [0.717, 1.165) is 19.3 Å². The number of hydrogen-bond donors (Lipinski definition) is 2. The molecule has 0 spiro atoms. The fourth-order valence-corrected chi connectivity index (χ4v) is 2.73. The molecule has 2 unspecified atom stereocenters. The number of hydrogen-bond acceptors (Lipinski definition) is 3. The van der Waals surface area contributed by atoms with Gasteiger partial charge in [-0.15, -0.1) is 0 Å². The molecule has 1 amide bonds. The van der Waals surface area contributed by atoms with Gasteiger partial charge in [-0.25, -0.2) is 9.18 Å². The summed E-state index contributed by atoms with van der Waals surface area (Å²) in [7, 11) is 0. The molecule has 0 aromatic heterocycles. The molecule has 2 rings (SSSR count). The molecule has 0 bridgehead atoms. The van der Waals surface area contributed by atoms with Gasteiger partial charge in [0.25, 0.3) is 0 Å². The topological polar surface area (TPSA) is 50.4 Å². The Morgan fingerprint density at radius 1 is 1.32 bits per heavy atom. The summed E-state index contributed by atoms with van der Waals surface area (Å²) in [6.07, 6.45) is 2.00. The Morgan fingerprint density at radius 3 is 2.68 bits per heavy atom. The second kappa shape index (κ2) is 6.73. The quantitative estimate of drug-likeness (QED) is 0.868. The maximum absolute atomic E-state index is 13.9. The fraction of sp³-hybridized carbons (Fsp3) is 0.562. The van der Waals surface area contributed by atoms with Crippen molar-refractivity contribution in [2.24, 2.45) is 0 Å². The molecule has 2 atom stereocenters. The van der Waals surface area contributed by atoms with Crippen molar-refractivity contribution in [3.63, 3.8) is 0 Å². The lowest BCUT2D eigenvalue weighted by Gasteiger charge is -2.22. The summed E-state index contributed by atoms with van der Waals surface area (Å²) in [5.41, 5.74) is -0.111. The van der Waals surface area contributed by atoms with Gasteiger partial charge in [0.15, 0.2) is 5.82 Å². The van der Waals surface area contributed by atoms with Crippen LogP contribution in [-0.4, -0.2) is 23.8 Å². The Labute approximate surface area is 135 Å². The number of carbonyl (C=O) groups is 1. The first-order valence-electron chi connectivity index (χ1n) is 7.44. The fourth-order valence-electron chi connectivity index (χ4n) is 2.55. The Balaban J connectivity index is 1.85. The zero-order valence-electron chi connectivity index (χ0n) is 13.1. The predicted molar refractivity (Wildman–Crippen MR) is 85.8 cm³/mol. The van der Waals surface area contributed by atoms with Gasteiger partial charge in [-0.05, 0) is 52.2 Å². The van der Waals surface area contributed by atoms with E-state index in [4.69, 9.17) is 16.3 Å². The Kier molecular flexibility index (Phi) is 5.16. The molecule has 1 saturated carbocycles. The maximum Gasteiger partial charge on any atom is 0.407 e. The zero-order chi connectivity index (χ0) is 16.3. The SMILES string of the molecule is CC(C)(C)OC(=O)NC1CCC(Nc2cccc(Cl)c2F)C1. The third-order valence-corrected chi connectivity index (χ3v) is 3.76. The molecule has 1 aromatic rings. The number of halogens is 2. The molecule has 6 heteroatoms. The van der Waals surface area contributed by atoms with Gasteiger partial charge >= 0.3 is 6.09 Å². The van der Waals surface area contributed by atoms with E-state index in [0.29, 0.717) is 5.69 Å². The van der Waals surface area contributed by atoms with Crippen LogP contribution in [0.25, 0.3) is 0 Å². The molecule has 0 saturated heterocycles. The molecule has 1 aromatic carbocycles. The highest BCUT2D eigenvalue weighted by Gasteiger charge is 2.28. The van der Waals surface area contributed by atoms with Gasteiger partial charge in [-0.1, -0.05) is 17.7 Å². The molecule has 0 aliphatic heterocycles. The number of anilines is 1. The lowest BCUT2D eigenvalue weighted by Crippen LogP contribution is -2.38. The third kappa shape index (κ3) is 4.77. The highest BCUT2D eigenvalue weighted by molar-refractivity contribution is 6.31. The van der Waals surface area contributed by atoms with Gasteiger partial charge in [0.2, 0.25) is 0 Å². The number of carbonyl (C=O) groups excluding carboxylic acids is 1. The van der Waals surface area contributed by atoms with Crippen molar-refractivity contribution in [2.75, 3.05) is 5.32 Å². The summed E-state index contributed by atoms with van der Waals surface area (Å²) in [5.74, 6) is -0.437. The van der Waals surface area contributed by atoms with E-state index in [2.05, 4.69) is 10.6 Å². The molecule has 22 heavy (non-hydrogen) atoms. The second-order valence-corrected chi connectivity index (χ2v) is 7.01. The first-order chi connectivity index (χ1) is 10.2. The van der Waals surface area contributed by atoms with Crippen LogP contribution in [0.5, 0.6) is 0 Å². The van der Waals surface area contributed by atoms with E-state index < -0.39 is 17.5 Å². The minimum Gasteiger partial charge on any atom is -0.444 e. The van der Waals surface area contributed by atoms with E-state index in [-0.39, 0.29) is 17.1 Å². The summed E-state index contributed by atoms with van der Waals surface area (Å²) in [6.45, 7) is 5.48. The highest BCUT2D eigenvalue weighted by Crippen LogP contribution is 2.27. The van der Waals surface area contributed by atoms with Crippen molar-refractivity contribution in [1.29, 1.82) is 0 Å². The van der Waals surface area contributed by atoms with Crippen LogP contribution in [0.1, 0.15) is 40.0 Å². The van der Waals surface area contributed by atoms with Crippen LogP contribution in [-0.2, 0) is 4.74 Å². The standard InChI is InChI=1S/C16H22ClFN2O2/c1-16(2,3)22-15(21)20-11-8-7-10(9-11)19-13-6-4-5-12(17)14(13)18/h4-6,10-11,19H,7-9H2,1-3H3,(H,20,21). The van der Waals surface area contributed by atoms with E-state index in [1.165, 1.54) is 6.07 Å². The van der Waals surface area contributed by atoms with Crippen molar-refractivity contribution in [3.05, 3.63) is 29.0 Å². The molecule has 4 nitrogen and oxygen atoms in total. The number of benzene rings is 1. The normalized spacial score (nSPS) is 21.5. The molecular formula is C16H22ClFN2O2. The van der Waals surface area contributed by atoms with Gasteiger partial charge in [0, 0.05) is 12.1 Å². The molecule has 1 aliphatic carbocycles. The van der Waals surface area contributed by atoms with Crippen molar-refractivity contribution in [2.45, 2.75) is 57.7 Å². The number of alkyl carbamates (subject to hydrolysis) is 1. The predicted octanol–water partition coefficient (Wildman–Crippen LogP) is 4.34. The monoisotopic (exact) mass is 328 g/mol. The minimum absolute atomic E-state index is 0.0367. The van der Waals surface area contributed by atoms with E-state index in [1.807, 2.05) is 20.8 Å². The third-order valence-electron chi connectivity index (χ3n) is 3.46. The van der Waals surface area contributed by atoms with Crippen LogP contribution in [0, 0.1) is 5.82 Å². The summed E-state index contributed by atoms with van der Waals surface area (Å²) in [4.78, 5) is 11.7. The van der Waals surface area contributed by atoms with Crippen LogP contribution in [0.3, 0.4) is 0 Å². The van der Waals surface area contributed by atoms with Crippen molar-refractivity contribution in [1.82, 2.24) is 5.32 Å². The molecule has 122 valence electrons. The number of rotatable bonds is 3. The largest absolute Gasteiger partial charge is 0.444 e. The molecule has 1 aliphatic rings. The van der Waals surface area contributed by atoms with Crippen LogP contribution in [0.2, 0.25) is 5.02 Å². The number of nitrogens with one attached hydrogen (secondary N) is 2. The van der Waals surface area contributed by atoms with Crippen LogP contribution in [0.15, 0.2) is 18.2 Å². The molecule has 0 heterocycles. The maximum atomic E-state index is 13.9. The van der Waals surface area contributed by atoms with E-state index in [9.17, 15) is 9.18 Å². The summed E-state index contributed by atoms with van der Waals surface area (Å²) in [5, 5.41) is 6.11. The minimum atomic E-state index is -0.510. The number of amides is 1. The Morgan fingerprint density at radius 2 is 2.00 bits per heavy atom. The number of ether oxygens (including phenoxy) is 1. The van der Waals surface area contributed by atoms with E-state index >= 15 is 0 Å². The highest BCUT2D eigenvalue weighted by atomic mass is 35.5. The lowest BCUT2D eigenvalue weighted by molar-refractivity contribution is 0.0505. The second-order valence-electron chi connectivity index (χ2n) is 6.60. The van der Waals surface area contributed by atoms with Gasteiger partial charge in [0.05, 0.1) is 10.7 Å². The van der Waals surface area contributed by atoms with E-state index in [1.54, 1.807) is 12.1 Å². The summed E-state index contributed by atoms with van der Waals surface area (Å²) >= 11 is 5.77. The average Bonchev–Trinajstić information content (AvgIpc) is 2.80. The van der Waals surface area contributed by atoms with Crippen molar-refractivity contribution < 1.29 is 13.9 Å². The Bertz CT molecular complexity index is 545.